The first-order valence-corrected chi connectivity index (χ1v) is 5.21. The van der Waals surface area contributed by atoms with Crippen molar-refractivity contribution in [2.75, 3.05) is 13.7 Å². The average Bonchev–Trinajstić information content (AvgIpc) is 2.14. The van der Waals surface area contributed by atoms with E-state index in [0.29, 0.717) is 6.42 Å². The summed E-state index contributed by atoms with van der Waals surface area (Å²) in [4.78, 5) is 13.7. The normalized spacial score (nSPS) is 28.8. The number of hydrogen-bond acceptors (Lipinski definition) is 2. The standard InChI is InChI=1S/C10H18N2O/c1-12-8-11-9(13)7-10(12)5-3-2-4-6-10/h2-8H2,1H3,(H,11,13). The van der Waals surface area contributed by atoms with Crippen LogP contribution in [0, 0.1) is 0 Å². The Balaban J connectivity index is 2.11. The summed E-state index contributed by atoms with van der Waals surface area (Å²) in [5, 5.41) is 2.89. The molecule has 1 spiro atoms. The quantitative estimate of drug-likeness (QED) is 0.608. The molecule has 1 heterocycles. The van der Waals surface area contributed by atoms with Crippen LogP contribution in [-0.4, -0.2) is 30.1 Å². The molecule has 3 heteroatoms. The minimum absolute atomic E-state index is 0.209. The Morgan fingerprint density at radius 2 is 2.00 bits per heavy atom. The molecule has 1 aliphatic heterocycles. The number of hydrogen-bond donors (Lipinski definition) is 1. The van der Waals surface area contributed by atoms with Crippen LogP contribution in [0.1, 0.15) is 38.5 Å². The van der Waals surface area contributed by atoms with Crippen LogP contribution in [-0.2, 0) is 4.79 Å². The minimum atomic E-state index is 0.209. The highest BCUT2D eigenvalue weighted by molar-refractivity contribution is 5.78. The molecule has 74 valence electrons. The predicted molar refractivity (Wildman–Crippen MR) is 51.2 cm³/mol. The van der Waals surface area contributed by atoms with Crippen LogP contribution in [0.2, 0.25) is 0 Å². The van der Waals surface area contributed by atoms with Crippen LogP contribution >= 0.6 is 0 Å². The van der Waals surface area contributed by atoms with Crippen molar-refractivity contribution in [2.45, 2.75) is 44.1 Å². The summed E-state index contributed by atoms with van der Waals surface area (Å²) in [5.74, 6) is 0.236. The summed E-state index contributed by atoms with van der Waals surface area (Å²) >= 11 is 0. The Hall–Kier alpha value is -0.570. The highest BCUT2D eigenvalue weighted by atomic mass is 16.2. The summed E-state index contributed by atoms with van der Waals surface area (Å²) in [7, 11) is 2.13. The number of nitrogens with one attached hydrogen (secondary N) is 1. The third kappa shape index (κ3) is 1.57. The number of carbonyl (C=O) groups excluding carboxylic acids is 1. The van der Waals surface area contributed by atoms with Gasteiger partial charge in [-0.1, -0.05) is 19.3 Å². The van der Waals surface area contributed by atoms with Gasteiger partial charge in [-0.25, -0.2) is 0 Å². The van der Waals surface area contributed by atoms with Gasteiger partial charge in [0.05, 0.1) is 6.67 Å². The molecule has 0 atom stereocenters. The van der Waals surface area contributed by atoms with E-state index in [1.54, 1.807) is 0 Å². The monoisotopic (exact) mass is 182 g/mol. The minimum Gasteiger partial charge on any atom is -0.343 e. The largest absolute Gasteiger partial charge is 0.343 e. The fourth-order valence-corrected chi connectivity index (χ4v) is 2.64. The lowest BCUT2D eigenvalue weighted by Crippen LogP contribution is -2.58. The molecule has 13 heavy (non-hydrogen) atoms. The van der Waals surface area contributed by atoms with E-state index >= 15 is 0 Å². The van der Waals surface area contributed by atoms with Crippen LogP contribution in [0.5, 0.6) is 0 Å². The summed E-state index contributed by atoms with van der Waals surface area (Å²) in [6, 6.07) is 0. The van der Waals surface area contributed by atoms with E-state index in [9.17, 15) is 4.79 Å². The van der Waals surface area contributed by atoms with E-state index < -0.39 is 0 Å². The van der Waals surface area contributed by atoms with E-state index in [2.05, 4.69) is 17.3 Å². The highest BCUT2D eigenvalue weighted by Crippen LogP contribution is 2.36. The molecule has 1 saturated heterocycles. The maximum absolute atomic E-state index is 11.3. The number of carbonyl (C=O) groups is 1. The van der Waals surface area contributed by atoms with Gasteiger partial charge < -0.3 is 5.32 Å². The number of nitrogens with zero attached hydrogens (tertiary/aromatic N) is 1. The smallest absolute Gasteiger partial charge is 0.222 e. The van der Waals surface area contributed by atoms with E-state index in [4.69, 9.17) is 0 Å². The van der Waals surface area contributed by atoms with Gasteiger partial charge in [-0.15, -0.1) is 0 Å². The van der Waals surface area contributed by atoms with Gasteiger partial charge in [-0.2, -0.15) is 0 Å². The predicted octanol–water partition coefficient (Wildman–Crippen LogP) is 1.10. The molecule has 1 N–H and O–H groups in total. The lowest BCUT2D eigenvalue weighted by molar-refractivity contribution is -0.130. The molecule has 1 amide bonds. The first kappa shape index (κ1) is 9.00. The molecule has 0 unspecified atom stereocenters. The van der Waals surface area contributed by atoms with Crippen molar-refractivity contribution in [1.82, 2.24) is 10.2 Å². The molecule has 0 aromatic carbocycles. The van der Waals surface area contributed by atoms with E-state index in [-0.39, 0.29) is 11.4 Å². The van der Waals surface area contributed by atoms with Gasteiger partial charge in [0.15, 0.2) is 0 Å². The lowest BCUT2D eigenvalue weighted by atomic mass is 9.77. The van der Waals surface area contributed by atoms with Crippen molar-refractivity contribution in [3.8, 4) is 0 Å². The first-order chi connectivity index (χ1) is 6.23. The Bertz CT molecular complexity index is 209. The molecular weight excluding hydrogens is 164 g/mol. The Morgan fingerprint density at radius 3 is 2.69 bits per heavy atom. The van der Waals surface area contributed by atoms with Crippen molar-refractivity contribution in [2.24, 2.45) is 0 Å². The SMILES string of the molecule is CN1CNC(=O)CC12CCCCC2. The second-order valence-electron chi connectivity index (χ2n) is 4.42. The fourth-order valence-electron chi connectivity index (χ4n) is 2.64. The van der Waals surface area contributed by atoms with Crippen LogP contribution < -0.4 is 5.32 Å². The molecule has 1 aliphatic carbocycles. The zero-order valence-corrected chi connectivity index (χ0v) is 8.31. The molecule has 0 bridgehead atoms. The van der Waals surface area contributed by atoms with Crippen LogP contribution in [0.25, 0.3) is 0 Å². The molecule has 0 aromatic rings. The van der Waals surface area contributed by atoms with Gasteiger partial charge in [0.1, 0.15) is 0 Å². The zero-order chi connectivity index (χ0) is 9.31. The van der Waals surface area contributed by atoms with Crippen molar-refractivity contribution < 1.29 is 4.79 Å². The third-order valence-corrected chi connectivity index (χ3v) is 3.60. The topological polar surface area (TPSA) is 32.3 Å². The summed E-state index contributed by atoms with van der Waals surface area (Å²) in [6.45, 7) is 0.735. The molecule has 2 aliphatic rings. The zero-order valence-electron chi connectivity index (χ0n) is 8.31. The average molecular weight is 182 g/mol. The van der Waals surface area contributed by atoms with Gasteiger partial charge in [0, 0.05) is 12.0 Å². The molecule has 3 nitrogen and oxygen atoms in total. The lowest BCUT2D eigenvalue weighted by Gasteiger charge is -2.47. The first-order valence-electron chi connectivity index (χ1n) is 5.21. The Kier molecular flexibility index (Phi) is 2.28. The van der Waals surface area contributed by atoms with Crippen LogP contribution in [0.3, 0.4) is 0 Å². The van der Waals surface area contributed by atoms with Gasteiger partial charge >= 0.3 is 0 Å². The molecule has 2 rings (SSSR count). The molecular formula is C10H18N2O. The summed E-state index contributed by atoms with van der Waals surface area (Å²) in [6.07, 6.45) is 7.05. The fraction of sp³-hybridized carbons (Fsp3) is 0.900. The molecule has 1 saturated carbocycles. The Labute approximate surface area is 79.5 Å². The van der Waals surface area contributed by atoms with E-state index in [1.807, 2.05) is 0 Å². The maximum atomic E-state index is 11.3. The third-order valence-electron chi connectivity index (χ3n) is 3.60. The van der Waals surface area contributed by atoms with E-state index in [0.717, 1.165) is 6.67 Å². The molecule has 0 radical (unpaired) electrons. The second-order valence-corrected chi connectivity index (χ2v) is 4.42. The van der Waals surface area contributed by atoms with Crippen molar-refractivity contribution in [3.63, 3.8) is 0 Å². The van der Waals surface area contributed by atoms with Gasteiger partial charge in [-0.05, 0) is 19.9 Å². The summed E-state index contributed by atoms with van der Waals surface area (Å²) < 4.78 is 0. The Morgan fingerprint density at radius 1 is 1.31 bits per heavy atom. The van der Waals surface area contributed by atoms with Gasteiger partial charge in [0.2, 0.25) is 5.91 Å². The van der Waals surface area contributed by atoms with Crippen molar-refractivity contribution in [1.29, 1.82) is 0 Å². The number of amides is 1. The van der Waals surface area contributed by atoms with E-state index in [1.165, 1.54) is 32.1 Å². The molecule has 0 aromatic heterocycles. The van der Waals surface area contributed by atoms with Gasteiger partial charge in [-0.3, -0.25) is 9.69 Å². The summed E-state index contributed by atoms with van der Waals surface area (Å²) in [5.41, 5.74) is 0.209. The highest BCUT2D eigenvalue weighted by Gasteiger charge is 2.40. The van der Waals surface area contributed by atoms with Crippen LogP contribution in [0.15, 0.2) is 0 Å². The van der Waals surface area contributed by atoms with Crippen molar-refractivity contribution >= 4 is 5.91 Å². The van der Waals surface area contributed by atoms with Gasteiger partial charge in [0.25, 0.3) is 0 Å². The maximum Gasteiger partial charge on any atom is 0.222 e. The van der Waals surface area contributed by atoms with Crippen LogP contribution in [0.4, 0.5) is 0 Å². The molecule has 2 fully saturated rings. The van der Waals surface area contributed by atoms with Crippen molar-refractivity contribution in [3.05, 3.63) is 0 Å². The number of rotatable bonds is 0. The second kappa shape index (κ2) is 3.29.